The molecule has 0 radical (unpaired) electrons. The molecule has 1 heterocycles. The molecule has 0 atom stereocenters. The summed E-state index contributed by atoms with van der Waals surface area (Å²) in [5, 5.41) is 2.86. The quantitative estimate of drug-likeness (QED) is 0.455. The molecule has 0 unspecified atom stereocenters. The SMILES string of the molecule is Cn1cc[nH]1. The zero-order valence-corrected chi connectivity index (χ0v) is 3.10. The molecule has 0 spiro atoms. The minimum Gasteiger partial charge on any atom is -0.305 e. The highest BCUT2D eigenvalue weighted by molar-refractivity contribution is 4.65. The molecule has 1 N–H and O–H groups in total. The number of aromatic nitrogens is 2. The van der Waals surface area contributed by atoms with E-state index in [0.29, 0.717) is 0 Å². The molecule has 1 aromatic heterocycles. The van der Waals surface area contributed by atoms with Crippen LogP contribution in [0.25, 0.3) is 0 Å². The van der Waals surface area contributed by atoms with Crippen LogP contribution in [0.1, 0.15) is 0 Å². The second kappa shape index (κ2) is 0.641. The van der Waals surface area contributed by atoms with Gasteiger partial charge in [0, 0.05) is 19.4 Å². The van der Waals surface area contributed by atoms with E-state index in [1.807, 2.05) is 24.1 Å². The molecular formula is C3H6N2. The number of nitrogens with one attached hydrogen (secondary N) is 1. The molecule has 1 aromatic rings. The predicted molar refractivity (Wildman–Crippen MR) is 19.8 cm³/mol. The average Bonchev–Trinajstić information content (AvgIpc) is 1.30. The smallest absolute Gasteiger partial charge is 0.0382 e. The van der Waals surface area contributed by atoms with Gasteiger partial charge in [0.05, 0.1) is 0 Å². The highest BCUT2D eigenvalue weighted by atomic mass is 15.3. The highest BCUT2D eigenvalue weighted by Crippen LogP contribution is 1.71. The van der Waals surface area contributed by atoms with Crippen molar-refractivity contribution in [2.24, 2.45) is 7.05 Å². The van der Waals surface area contributed by atoms with E-state index >= 15 is 0 Å². The van der Waals surface area contributed by atoms with Crippen molar-refractivity contribution in [3.8, 4) is 0 Å². The summed E-state index contributed by atoms with van der Waals surface area (Å²) in [7, 11) is 1.94. The molecule has 2 heteroatoms. The van der Waals surface area contributed by atoms with Gasteiger partial charge in [-0.25, -0.2) is 0 Å². The number of nitrogens with zero attached hydrogens (tertiary/aromatic N) is 1. The zero-order valence-electron chi connectivity index (χ0n) is 3.10. The Balaban J connectivity index is 2.83. The molecule has 2 nitrogen and oxygen atoms in total. The van der Waals surface area contributed by atoms with Crippen LogP contribution in [-0.4, -0.2) is 9.78 Å². The minimum absolute atomic E-state index is 1.88. The molecule has 0 aliphatic rings. The van der Waals surface area contributed by atoms with Crippen LogP contribution < -0.4 is 0 Å². The van der Waals surface area contributed by atoms with Crippen molar-refractivity contribution < 1.29 is 0 Å². The van der Waals surface area contributed by atoms with Gasteiger partial charge >= 0.3 is 0 Å². The molecule has 0 aliphatic heterocycles. The van der Waals surface area contributed by atoms with Gasteiger partial charge < -0.3 is 5.10 Å². The van der Waals surface area contributed by atoms with Crippen LogP contribution in [0, 0.1) is 0 Å². The van der Waals surface area contributed by atoms with E-state index in [1.165, 1.54) is 0 Å². The zero-order chi connectivity index (χ0) is 3.70. The van der Waals surface area contributed by atoms with E-state index in [4.69, 9.17) is 0 Å². The normalized spacial score (nSPS) is 9.00. The predicted octanol–water partition coefficient (Wildman–Crippen LogP) is 0.353. The monoisotopic (exact) mass is 70.1 g/mol. The second-order valence-electron chi connectivity index (χ2n) is 1.06. The first kappa shape index (κ1) is 2.57. The van der Waals surface area contributed by atoms with Gasteiger partial charge in [-0.05, 0) is 0 Å². The van der Waals surface area contributed by atoms with Crippen molar-refractivity contribution in [2.45, 2.75) is 0 Å². The van der Waals surface area contributed by atoms with Crippen molar-refractivity contribution in [1.82, 2.24) is 9.78 Å². The fourth-order valence-electron chi connectivity index (χ4n) is 0.224. The Morgan fingerprint density at radius 3 is 2.20 bits per heavy atom. The Morgan fingerprint density at radius 1 is 1.80 bits per heavy atom. The summed E-state index contributed by atoms with van der Waals surface area (Å²) in [5.41, 5.74) is 0. The lowest BCUT2D eigenvalue weighted by atomic mass is 10.8. The van der Waals surface area contributed by atoms with Gasteiger partial charge in [0.1, 0.15) is 0 Å². The first-order chi connectivity index (χ1) is 2.39. The van der Waals surface area contributed by atoms with Crippen molar-refractivity contribution in [3.63, 3.8) is 0 Å². The van der Waals surface area contributed by atoms with Crippen LogP contribution in [0.15, 0.2) is 12.4 Å². The van der Waals surface area contributed by atoms with E-state index in [9.17, 15) is 0 Å². The molecule has 0 aromatic carbocycles. The van der Waals surface area contributed by atoms with Crippen molar-refractivity contribution in [1.29, 1.82) is 0 Å². The Bertz CT molecular complexity index is 87.1. The maximum Gasteiger partial charge on any atom is 0.0382 e. The van der Waals surface area contributed by atoms with E-state index in [0.717, 1.165) is 0 Å². The first-order valence-corrected chi connectivity index (χ1v) is 1.55. The topological polar surface area (TPSA) is 20.7 Å². The summed E-state index contributed by atoms with van der Waals surface area (Å²) in [5.74, 6) is 0. The Morgan fingerprint density at radius 2 is 2.20 bits per heavy atom. The molecule has 0 amide bonds. The number of aromatic amines is 1. The van der Waals surface area contributed by atoms with Crippen LogP contribution in [0.4, 0.5) is 0 Å². The van der Waals surface area contributed by atoms with Crippen molar-refractivity contribution in [3.05, 3.63) is 12.4 Å². The molecule has 1 rings (SSSR count). The maximum atomic E-state index is 2.86. The third kappa shape index (κ3) is 0.210. The lowest BCUT2D eigenvalue weighted by Crippen LogP contribution is -1.96. The standard InChI is InChI=1S/C3H6N2/c1-5-3-2-4-5/h2-4H,1H3. The lowest BCUT2D eigenvalue weighted by Gasteiger charge is -1.96. The first-order valence-electron chi connectivity index (χ1n) is 1.55. The van der Waals surface area contributed by atoms with E-state index < -0.39 is 0 Å². The molecule has 0 fully saturated rings. The summed E-state index contributed by atoms with van der Waals surface area (Å²) < 4.78 is 1.88. The van der Waals surface area contributed by atoms with Crippen molar-refractivity contribution in [2.75, 3.05) is 0 Å². The maximum absolute atomic E-state index is 2.86. The number of hydrogen-bond acceptors (Lipinski definition) is 0. The van der Waals surface area contributed by atoms with Gasteiger partial charge in [0.15, 0.2) is 0 Å². The van der Waals surface area contributed by atoms with E-state index in [2.05, 4.69) is 5.10 Å². The number of H-pyrrole nitrogens is 1. The van der Waals surface area contributed by atoms with Crippen LogP contribution in [0.2, 0.25) is 0 Å². The average molecular weight is 70.1 g/mol. The van der Waals surface area contributed by atoms with Crippen LogP contribution in [-0.2, 0) is 7.05 Å². The molecule has 5 heavy (non-hydrogen) atoms. The van der Waals surface area contributed by atoms with E-state index in [-0.39, 0.29) is 0 Å². The fourth-order valence-corrected chi connectivity index (χ4v) is 0.224. The largest absolute Gasteiger partial charge is 0.305 e. The third-order valence-electron chi connectivity index (χ3n) is 0.576. The van der Waals surface area contributed by atoms with Crippen LogP contribution >= 0.6 is 0 Å². The van der Waals surface area contributed by atoms with Crippen LogP contribution in [0.5, 0.6) is 0 Å². The summed E-state index contributed by atoms with van der Waals surface area (Å²) >= 11 is 0. The van der Waals surface area contributed by atoms with Crippen molar-refractivity contribution >= 4 is 0 Å². The Labute approximate surface area is 30.4 Å². The van der Waals surface area contributed by atoms with E-state index in [1.54, 1.807) is 0 Å². The fraction of sp³-hybridized carbons (Fsp3) is 0.333. The molecular weight excluding hydrogens is 64.0 g/mol. The van der Waals surface area contributed by atoms with Gasteiger partial charge in [-0.1, -0.05) is 0 Å². The molecule has 0 saturated carbocycles. The molecule has 0 aliphatic carbocycles. The lowest BCUT2D eigenvalue weighted by molar-refractivity contribution is 0.690. The van der Waals surface area contributed by atoms with Gasteiger partial charge in [-0.2, -0.15) is 0 Å². The summed E-state index contributed by atoms with van der Waals surface area (Å²) in [4.78, 5) is 0. The van der Waals surface area contributed by atoms with Gasteiger partial charge in [0.25, 0.3) is 0 Å². The Hall–Kier alpha value is -0.660. The third-order valence-corrected chi connectivity index (χ3v) is 0.576. The minimum atomic E-state index is 1.88. The van der Waals surface area contributed by atoms with Gasteiger partial charge in [-0.3, -0.25) is 4.68 Å². The van der Waals surface area contributed by atoms with Crippen LogP contribution in [0.3, 0.4) is 0 Å². The number of rotatable bonds is 0. The summed E-state index contributed by atoms with van der Waals surface area (Å²) in [6, 6.07) is 0. The number of aryl methyl sites for hydroxylation is 1. The number of hydrogen-bond donors (Lipinski definition) is 1. The summed E-state index contributed by atoms with van der Waals surface area (Å²) in [6.07, 6.45) is 3.82. The molecule has 0 saturated heterocycles. The molecule has 0 bridgehead atoms. The van der Waals surface area contributed by atoms with Gasteiger partial charge in [0.2, 0.25) is 0 Å². The Kier molecular flexibility index (Phi) is 0.330. The molecule has 28 valence electrons. The second-order valence-corrected chi connectivity index (χ2v) is 1.06. The summed E-state index contributed by atoms with van der Waals surface area (Å²) in [6.45, 7) is 0. The highest BCUT2D eigenvalue weighted by Gasteiger charge is 1.68. The van der Waals surface area contributed by atoms with Gasteiger partial charge in [-0.15, -0.1) is 0 Å².